The molecule has 0 amide bonds. The third-order valence-corrected chi connectivity index (χ3v) is 2.81. The third kappa shape index (κ3) is 3.67. The summed E-state index contributed by atoms with van der Waals surface area (Å²) in [6.45, 7) is 9.69. The maximum absolute atomic E-state index is 5.87. The van der Waals surface area contributed by atoms with E-state index >= 15 is 0 Å². The largest absolute Gasteiger partial charge is 0.371 e. The second kappa shape index (κ2) is 5.57. The molecule has 0 fully saturated rings. The van der Waals surface area contributed by atoms with Gasteiger partial charge in [-0.1, -0.05) is 18.2 Å². The Morgan fingerprint density at radius 1 is 1.21 bits per heavy atom. The van der Waals surface area contributed by atoms with Gasteiger partial charge in [-0.2, -0.15) is 0 Å². The monoisotopic (exact) mass is 258 g/mol. The number of aromatic nitrogens is 1. The number of para-hydroxylation sites is 1. The molecule has 0 saturated heterocycles. The number of ether oxygens (including phenoxy) is 1. The smallest absolute Gasteiger partial charge is 0.132 e. The van der Waals surface area contributed by atoms with Gasteiger partial charge < -0.3 is 10.1 Å². The molecule has 0 aliphatic carbocycles. The molecule has 0 aliphatic heterocycles. The Balaban J connectivity index is 2.36. The van der Waals surface area contributed by atoms with Gasteiger partial charge in [0, 0.05) is 17.5 Å². The maximum atomic E-state index is 5.87. The van der Waals surface area contributed by atoms with Gasteiger partial charge in [-0.3, -0.25) is 0 Å². The molecule has 1 aromatic carbocycles. The van der Waals surface area contributed by atoms with Gasteiger partial charge in [0.05, 0.1) is 17.7 Å². The highest BCUT2D eigenvalue weighted by Gasteiger charge is 2.13. The first-order valence-corrected chi connectivity index (χ1v) is 6.76. The lowest BCUT2D eigenvalue weighted by atomic mass is 10.1. The zero-order valence-corrected chi connectivity index (χ0v) is 12.2. The topological polar surface area (TPSA) is 34.2 Å². The molecule has 2 aromatic rings. The van der Waals surface area contributed by atoms with Crippen molar-refractivity contribution in [3.63, 3.8) is 0 Å². The summed E-state index contributed by atoms with van der Waals surface area (Å²) in [5.41, 5.74) is 1.98. The van der Waals surface area contributed by atoms with Crippen LogP contribution in [0.4, 0.5) is 5.82 Å². The number of nitrogens with zero attached hydrogens (tertiary/aromatic N) is 1. The van der Waals surface area contributed by atoms with Crippen LogP contribution in [0.2, 0.25) is 0 Å². The van der Waals surface area contributed by atoms with Crippen LogP contribution in [0.15, 0.2) is 30.3 Å². The molecule has 0 radical (unpaired) electrons. The lowest BCUT2D eigenvalue weighted by molar-refractivity contribution is -0.0147. The summed E-state index contributed by atoms with van der Waals surface area (Å²) >= 11 is 0. The van der Waals surface area contributed by atoms with Crippen LogP contribution in [-0.2, 0) is 11.3 Å². The molecule has 102 valence electrons. The molecule has 0 spiro atoms. The molecule has 1 N–H and O–H groups in total. The Morgan fingerprint density at radius 3 is 2.63 bits per heavy atom. The molecule has 0 aliphatic rings. The van der Waals surface area contributed by atoms with Crippen LogP contribution in [0, 0.1) is 0 Å². The van der Waals surface area contributed by atoms with Crippen molar-refractivity contribution in [2.75, 3.05) is 11.9 Å². The minimum atomic E-state index is -0.144. The molecule has 3 nitrogen and oxygen atoms in total. The number of hydrogen-bond acceptors (Lipinski definition) is 3. The molecule has 2 rings (SSSR count). The highest BCUT2D eigenvalue weighted by atomic mass is 16.5. The van der Waals surface area contributed by atoms with E-state index < -0.39 is 0 Å². The first kappa shape index (κ1) is 13.8. The number of pyridine rings is 1. The minimum Gasteiger partial charge on any atom is -0.371 e. The summed E-state index contributed by atoms with van der Waals surface area (Å²) in [6, 6.07) is 10.3. The van der Waals surface area contributed by atoms with Gasteiger partial charge in [-0.25, -0.2) is 4.98 Å². The van der Waals surface area contributed by atoms with Crippen molar-refractivity contribution < 1.29 is 4.74 Å². The first-order chi connectivity index (χ1) is 8.99. The zero-order valence-electron chi connectivity index (χ0n) is 12.2. The summed E-state index contributed by atoms with van der Waals surface area (Å²) in [5.74, 6) is 0.922. The quantitative estimate of drug-likeness (QED) is 0.900. The van der Waals surface area contributed by atoms with E-state index in [1.54, 1.807) is 0 Å². The van der Waals surface area contributed by atoms with Gasteiger partial charge in [0.1, 0.15) is 5.82 Å². The van der Waals surface area contributed by atoms with E-state index in [4.69, 9.17) is 4.74 Å². The summed E-state index contributed by atoms with van der Waals surface area (Å²) in [4.78, 5) is 4.67. The predicted octanol–water partition coefficient (Wildman–Crippen LogP) is 3.98. The van der Waals surface area contributed by atoms with Gasteiger partial charge in [0.25, 0.3) is 0 Å². The van der Waals surface area contributed by atoms with Crippen LogP contribution in [0.5, 0.6) is 0 Å². The SMILES string of the molecule is CCNc1nc2ccccc2cc1COC(C)(C)C. The fourth-order valence-electron chi connectivity index (χ4n) is 1.88. The van der Waals surface area contributed by atoms with Crippen molar-refractivity contribution in [3.8, 4) is 0 Å². The lowest BCUT2D eigenvalue weighted by Gasteiger charge is -2.21. The number of benzene rings is 1. The molecule has 0 bridgehead atoms. The van der Waals surface area contributed by atoms with Crippen molar-refractivity contribution in [1.29, 1.82) is 0 Å². The van der Waals surface area contributed by atoms with Crippen LogP contribution in [0.3, 0.4) is 0 Å². The second-order valence-electron chi connectivity index (χ2n) is 5.62. The number of rotatable bonds is 4. The van der Waals surface area contributed by atoms with E-state index in [1.807, 2.05) is 18.2 Å². The molecular formula is C16H22N2O. The highest BCUT2D eigenvalue weighted by Crippen LogP contribution is 2.22. The molecular weight excluding hydrogens is 236 g/mol. The first-order valence-electron chi connectivity index (χ1n) is 6.76. The number of nitrogens with one attached hydrogen (secondary N) is 1. The number of hydrogen-bond donors (Lipinski definition) is 1. The van der Waals surface area contributed by atoms with E-state index in [0.29, 0.717) is 6.61 Å². The number of fused-ring (bicyclic) bond motifs is 1. The summed E-state index contributed by atoms with van der Waals surface area (Å²) in [5, 5.41) is 4.46. The molecule has 0 saturated carbocycles. The predicted molar refractivity (Wildman–Crippen MR) is 80.4 cm³/mol. The Morgan fingerprint density at radius 2 is 1.95 bits per heavy atom. The van der Waals surface area contributed by atoms with Crippen molar-refractivity contribution in [2.24, 2.45) is 0 Å². The molecule has 1 heterocycles. The van der Waals surface area contributed by atoms with Crippen LogP contribution in [-0.4, -0.2) is 17.1 Å². The van der Waals surface area contributed by atoms with Gasteiger partial charge in [-0.15, -0.1) is 0 Å². The van der Waals surface area contributed by atoms with Crippen LogP contribution in [0.25, 0.3) is 10.9 Å². The molecule has 19 heavy (non-hydrogen) atoms. The Hall–Kier alpha value is -1.61. The highest BCUT2D eigenvalue weighted by molar-refractivity contribution is 5.81. The van der Waals surface area contributed by atoms with Gasteiger partial charge in [0.2, 0.25) is 0 Å². The molecule has 1 aromatic heterocycles. The Bertz CT molecular complexity index is 558. The van der Waals surface area contributed by atoms with Crippen molar-refractivity contribution in [2.45, 2.75) is 39.9 Å². The molecule has 3 heteroatoms. The molecule has 0 unspecified atom stereocenters. The summed E-state index contributed by atoms with van der Waals surface area (Å²) < 4.78 is 5.87. The Labute approximate surface area is 115 Å². The Kier molecular flexibility index (Phi) is 4.05. The van der Waals surface area contributed by atoms with Gasteiger partial charge in [-0.05, 0) is 39.8 Å². The second-order valence-corrected chi connectivity index (χ2v) is 5.62. The van der Waals surface area contributed by atoms with Crippen molar-refractivity contribution in [1.82, 2.24) is 4.98 Å². The van der Waals surface area contributed by atoms with Crippen LogP contribution >= 0.6 is 0 Å². The maximum Gasteiger partial charge on any atom is 0.132 e. The standard InChI is InChI=1S/C16H22N2O/c1-5-17-15-13(11-19-16(2,3)4)10-12-8-6-7-9-14(12)18-15/h6-10H,5,11H2,1-4H3,(H,17,18). The third-order valence-electron chi connectivity index (χ3n) is 2.81. The zero-order chi connectivity index (χ0) is 13.9. The van der Waals surface area contributed by atoms with Crippen LogP contribution < -0.4 is 5.32 Å². The van der Waals surface area contributed by atoms with E-state index in [2.05, 4.69) is 50.1 Å². The van der Waals surface area contributed by atoms with E-state index in [9.17, 15) is 0 Å². The normalized spacial score (nSPS) is 11.8. The number of anilines is 1. The van der Waals surface area contributed by atoms with E-state index in [0.717, 1.165) is 28.8 Å². The average Bonchev–Trinajstić information content (AvgIpc) is 2.35. The van der Waals surface area contributed by atoms with Crippen molar-refractivity contribution >= 4 is 16.7 Å². The fraction of sp³-hybridized carbons (Fsp3) is 0.438. The van der Waals surface area contributed by atoms with E-state index in [1.165, 1.54) is 0 Å². The average molecular weight is 258 g/mol. The van der Waals surface area contributed by atoms with Gasteiger partial charge in [0.15, 0.2) is 0 Å². The fourth-order valence-corrected chi connectivity index (χ4v) is 1.88. The van der Waals surface area contributed by atoms with Crippen molar-refractivity contribution in [3.05, 3.63) is 35.9 Å². The van der Waals surface area contributed by atoms with Crippen LogP contribution in [0.1, 0.15) is 33.3 Å². The van der Waals surface area contributed by atoms with E-state index in [-0.39, 0.29) is 5.60 Å². The molecule has 0 atom stereocenters. The summed E-state index contributed by atoms with van der Waals surface area (Å²) in [7, 11) is 0. The van der Waals surface area contributed by atoms with Gasteiger partial charge >= 0.3 is 0 Å². The summed E-state index contributed by atoms with van der Waals surface area (Å²) in [6.07, 6.45) is 0. The lowest BCUT2D eigenvalue weighted by Crippen LogP contribution is -2.19. The minimum absolute atomic E-state index is 0.144.